The Morgan fingerprint density at radius 1 is 1.42 bits per heavy atom. The molecule has 2 rings (SSSR count). The van der Waals surface area contributed by atoms with Crippen molar-refractivity contribution in [3.05, 3.63) is 29.3 Å². The van der Waals surface area contributed by atoms with E-state index in [-0.39, 0.29) is 12.7 Å². The van der Waals surface area contributed by atoms with Crippen LogP contribution in [0.25, 0.3) is 0 Å². The fourth-order valence-electron chi connectivity index (χ4n) is 2.45. The summed E-state index contributed by atoms with van der Waals surface area (Å²) >= 11 is 0. The molecule has 1 aliphatic heterocycles. The van der Waals surface area contributed by atoms with Gasteiger partial charge in [0.05, 0.1) is 12.7 Å². The first kappa shape index (κ1) is 13.5. The molecule has 1 heterocycles. The second-order valence-electron chi connectivity index (χ2n) is 4.88. The molecule has 0 spiro atoms. The molecule has 1 aromatic carbocycles. The monoisotopic (exact) mass is 256 g/mol. The number of ether oxygens (including phenoxy) is 1. The predicted octanol–water partition coefficient (Wildman–Crippen LogP) is 2.16. The number of carbonyl (C=O) groups excluding carboxylic acids is 1. The zero-order valence-corrected chi connectivity index (χ0v) is 11.3. The molecule has 98 valence electrons. The average Bonchev–Trinajstić information content (AvgIpc) is 2.46. The fourth-order valence-corrected chi connectivity index (χ4v) is 2.45. The maximum Gasteiger partial charge on any atom is 0.338 e. The van der Waals surface area contributed by atoms with E-state index in [0.29, 0.717) is 5.56 Å². The van der Waals surface area contributed by atoms with E-state index in [1.165, 1.54) is 7.11 Å². The summed E-state index contributed by atoms with van der Waals surface area (Å²) in [7, 11) is 1.39. The van der Waals surface area contributed by atoms with Crippen molar-refractivity contribution in [1.29, 1.82) is 5.26 Å². The SMILES string of the molecule is COC(=O)c1ccc(N2CCB(C#N)CC2)cc1C. The van der Waals surface area contributed by atoms with Crippen molar-refractivity contribution < 1.29 is 9.53 Å². The van der Waals surface area contributed by atoms with Crippen LogP contribution in [0.15, 0.2) is 18.2 Å². The highest BCUT2D eigenvalue weighted by Crippen LogP contribution is 2.23. The molecule has 0 radical (unpaired) electrons. The highest BCUT2D eigenvalue weighted by Gasteiger charge is 2.23. The van der Waals surface area contributed by atoms with Crippen molar-refractivity contribution in [3.8, 4) is 5.97 Å². The van der Waals surface area contributed by atoms with Crippen molar-refractivity contribution >= 4 is 18.4 Å². The maximum atomic E-state index is 11.5. The number of nitriles is 1. The van der Waals surface area contributed by atoms with Crippen LogP contribution in [0.4, 0.5) is 5.69 Å². The van der Waals surface area contributed by atoms with Crippen LogP contribution in [0.5, 0.6) is 0 Å². The lowest BCUT2D eigenvalue weighted by Gasteiger charge is -2.30. The summed E-state index contributed by atoms with van der Waals surface area (Å²) in [6.45, 7) is 3.90. The Balaban J connectivity index is 2.13. The molecular formula is C14H17BN2O2. The van der Waals surface area contributed by atoms with E-state index in [4.69, 9.17) is 10.00 Å². The van der Waals surface area contributed by atoms with Crippen LogP contribution < -0.4 is 4.90 Å². The Morgan fingerprint density at radius 2 is 2.11 bits per heavy atom. The summed E-state index contributed by atoms with van der Waals surface area (Å²) in [5.41, 5.74) is 2.64. The van der Waals surface area contributed by atoms with E-state index in [2.05, 4.69) is 10.9 Å². The third-order valence-electron chi connectivity index (χ3n) is 3.66. The van der Waals surface area contributed by atoms with Crippen molar-refractivity contribution in [2.75, 3.05) is 25.1 Å². The quantitative estimate of drug-likeness (QED) is 0.601. The van der Waals surface area contributed by atoms with Gasteiger partial charge in [-0.3, -0.25) is 0 Å². The zero-order chi connectivity index (χ0) is 13.8. The number of anilines is 1. The van der Waals surface area contributed by atoms with Gasteiger partial charge in [0.2, 0.25) is 0 Å². The van der Waals surface area contributed by atoms with Crippen LogP contribution in [0, 0.1) is 18.2 Å². The first-order chi connectivity index (χ1) is 9.15. The van der Waals surface area contributed by atoms with Crippen LogP contribution in [0.1, 0.15) is 15.9 Å². The molecule has 0 aromatic heterocycles. The van der Waals surface area contributed by atoms with Crippen molar-refractivity contribution in [1.82, 2.24) is 0 Å². The minimum absolute atomic E-state index is 0.187. The molecule has 1 fully saturated rings. The first-order valence-electron chi connectivity index (χ1n) is 6.49. The second kappa shape index (κ2) is 5.79. The molecule has 0 atom stereocenters. The normalized spacial score (nSPS) is 15.0. The molecule has 0 unspecified atom stereocenters. The standard InChI is InChI=1S/C14H17BN2O2/c1-11-9-12(3-4-13(11)14(18)19-2)17-7-5-15(10-16)6-8-17/h3-4,9H,5-8H2,1-2H3. The zero-order valence-electron chi connectivity index (χ0n) is 11.3. The molecule has 0 N–H and O–H groups in total. The van der Waals surface area contributed by atoms with Crippen molar-refractivity contribution in [2.45, 2.75) is 19.6 Å². The number of rotatable bonds is 2. The van der Waals surface area contributed by atoms with Gasteiger partial charge in [-0.05, 0) is 43.3 Å². The maximum absolute atomic E-state index is 11.5. The number of benzene rings is 1. The molecule has 19 heavy (non-hydrogen) atoms. The van der Waals surface area contributed by atoms with Crippen LogP contribution in [-0.2, 0) is 4.74 Å². The first-order valence-corrected chi connectivity index (χ1v) is 6.49. The fraction of sp³-hybridized carbons (Fsp3) is 0.429. The summed E-state index contributed by atoms with van der Waals surface area (Å²) in [4.78, 5) is 13.8. The van der Waals surface area contributed by atoms with Gasteiger partial charge in [-0.25, -0.2) is 10.1 Å². The van der Waals surface area contributed by atoms with E-state index in [0.717, 1.165) is 37.0 Å². The summed E-state index contributed by atoms with van der Waals surface area (Å²) < 4.78 is 4.74. The minimum atomic E-state index is -0.299. The Hall–Kier alpha value is -1.96. The van der Waals surface area contributed by atoms with Gasteiger partial charge in [0.15, 0.2) is 0 Å². The number of hydrogen-bond acceptors (Lipinski definition) is 4. The van der Waals surface area contributed by atoms with Crippen molar-refractivity contribution in [3.63, 3.8) is 0 Å². The molecule has 1 aromatic rings. The highest BCUT2D eigenvalue weighted by atomic mass is 16.5. The Morgan fingerprint density at radius 3 is 2.63 bits per heavy atom. The second-order valence-corrected chi connectivity index (χ2v) is 4.88. The van der Waals surface area contributed by atoms with E-state index in [1.54, 1.807) is 0 Å². The number of nitrogens with zero attached hydrogens (tertiary/aromatic N) is 2. The van der Waals surface area contributed by atoms with Gasteiger partial charge >= 0.3 is 5.97 Å². The van der Waals surface area contributed by atoms with Gasteiger partial charge in [-0.1, -0.05) is 0 Å². The topological polar surface area (TPSA) is 53.3 Å². The van der Waals surface area contributed by atoms with Crippen LogP contribution in [0.3, 0.4) is 0 Å². The number of carbonyl (C=O) groups is 1. The molecule has 0 saturated carbocycles. The molecule has 4 nitrogen and oxygen atoms in total. The van der Waals surface area contributed by atoms with Crippen LogP contribution in [0.2, 0.25) is 12.6 Å². The van der Waals surface area contributed by atoms with Gasteiger partial charge in [0.1, 0.15) is 0 Å². The third kappa shape index (κ3) is 2.90. The highest BCUT2D eigenvalue weighted by molar-refractivity contribution is 6.67. The van der Waals surface area contributed by atoms with Crippen LogP contribution >= 0.6 is 0 Å². The van der Waals surface area contributed by atoms with Crippen LogP contribution in [-0.4, -0.2) is 32.9 Å². The molecule has 0 amide bonds. The Labute approximate surface area is 114 Å². The molecule has 1 saturated heterocycles. The van der Waals surface area contributed by atoms with Crippen molar-refractivity contribution in [2.24, 2.45) is 0 Å². The minimum Gasteiger partial charge on any atom is -0.465 e. The molecule has 0 aliphatic carbocycles. The molecule has 5 heteroatoms. The van der Waals surface area contributed by atoms with E-state index in [9.17, 15) is 4.79 Å². The average molecular weight is 256 g/mol. The largest absolute Gasteiger partial charge is 0.465 e. The van der Waals surface area contributed by atoms with Gasteiger partial charge in [-0.2, -0.15) is 0 Å². The molecular weight excluding hydrogens is 239 g/mol. The Bertz CT molecular complexity index is 517. The summed E-state index contributed by atoms with van der Waals surface area (Å²) in [6.07, 6.45) is 1.82. The van der Waals surface area contributed by atoms with E-state index >= 15 is 0 Å². The lowest BCUT2D eigenvalue weighted by molar-refractivity contribution is 0.0600. The smallest absolute Gasteiger partial charge is 0.338 e. The lowest BCUT2D eigenvalue weighted by Crippen LogP contribution is -2.36. The van der Waals surface area contributed by atoms with E-state index < -0.39 is 0 Å². The van der Waals surface area contributed by atoms with Gasteiger partial charge in [0, 0.05) is 24.7 Å². The van der Waals surface area contributed by atoms with E-state index in [1.807, 2.05) is 25.1 Å². The number of esters is 1. The van der Waals surface area contributed by atoms with Gasteiger partial charge < -0.3 is 9.64 Å². The lowest BCUT2D eigenvalue weighted by atomic mass is 9.45. The molecule has 0 bridgehead atoms. The number of hydrogen-bond donors (Lipinski definition) is 0. The van der Waals surface area contributed by atoms with Gasteiger partial charge in [0.25, 0.3) is 6.71 Å². The van der Waals surface area contributed by atoms with Gasteiger partial charge in [-0.15, -0.1) is 0 Å². The summed E-state index contributed by atoms with van der Waals surface area (Å²) in [6, 6.07) is 5.78. The number of methoxy groups -OCH3 is 1. The predicted molar refractivity (Wildman–Crippen MR) is 75.7 cm³/mol. The number of aryl methyl sites for hydroxylation is 1. The third-order valence-corrected chi connectivity index (χ3v) is 3.66. The summed E-state index contributed by atoms with van der Waals surface area (Å²) in [5, 5.41) is 8.90. The molecule has 1 aliphatic rings. The Kier molecular flexibility index (Phi) is 4.11. The summed E-state index contributed by atoms with van der Waals surface area (Å²) in [5.74, 6) is 2.03.